The average Bonchev–Trinajstić information content (AvgIpc) is 2.29. The number of aryl methyl sites for hydroxylation is 1. The molecule has 102 valence electrons. The van der Waals surface area contributed by atoms with Gasteiger partial charge in [0.25, 0.3) is 0 Å². The van der Waals surface area contributed by atoms with Crippen LogP contribution >= 0.6 is 0 Å². The average molecular weight is 271 g/mol. The molecule has 1 aromatic rings. The lowest BCUT2D eigenvalue weighted by Gasteiger charge is -2.20. The maximum absolute atomic E-state index is 12.0. The van der Waals surface area contributed by atoms with Gasteiger partial charge in [-0.25, -0.2) is 13.1 Å². The molecule has 1 unspecified atom stereocenters. The van der Waals surface area contributed by atoms with Crippen molar-refractivity contribution in [1.82, 2.24) is 9.62 Å². The van der Waals surface area contributed by atoms with Gasteiger partial charge in [-0.2, -0.15) is 0 Å². The molecular weight excluding hydrogens is 250 g/mol. The maximum atomic E-state index is 12.0. The highest BCUT2D eigenvalue weighted by atomic mass is 32.2. The molecule has 0 heterocycles. The first-order valence-electron chi connectivity index (χ1n) is 5.76. The summed E-state index contributed by atoms with van der Waals surface area (Å²) in [6.07, 6.45) is 0. The summed E-state index contributed by atoms with van der Waals surface area (Å²) in [5, 5.41) is 0. The zero-order valence-electron chi connectivity index (χ0n) is 11.3. The largest absolute Gasteiger partial charge is 0.398 e. The predicted molar refractivity (Wildman–Crippen MR) is 73.9 cm³/mol. The molecule has 0 saturated heterocycles. The fourth-order valence-electron chi connectivity index (χ4n) is 1.28. The normalized spacial score (nSPS) is 13.8. The van der Waals surface area contributed by atoms with Crippen LogP contribution in [0.25, 0.3) is 0 Å². The van der Waals surface area contributed by atoms with Crippen LogP contribution < -0.4 is 10.5 Å². The van der Waals surface area contributed by atoms with Crippen molar-refractivity contribution in [2.24, 2.45) is 0 Å². The Hall–Kier alpha value is -1.11. The van der Waals surface area contributed by atoms with E-state index in [0.29, 0.717) is 12.2 Å². The molecule has 1 rings (SSSR count). The molecule has 1 aromatic carbocycles. The van der Waals surface area contributed by atoms with Gasteiger partial charge >= 0.3 is 0 Å². The lowest BCUT2D eigenvalue weighted by atomic mass is 10.2. The van der Waals surface area contributed by atoms with Crippen LogP contribution in [0.2, 0.25) is 0 Å². The number of anilines is 1. The van der Waals surface area contributed by atoms with Crippen LogP contribution in [0.15, 0.2) is 23.1 Å². The molecule has 0 saturated carbocycles. The van der Waals surface area contributed by atoms with Gasteiger partial charge in [0.1, 0.15) is 0 Å². The number of nitrogens with one attached hydrogen (secondary N) is 1. The number of nitrogens with two attached hydrogens (primary N) is 1. The van der Waals surface area contributed by atoms with Crippen molar-refractivity contribution >= 4 is 15.7 Å². The van der Waals surface area contributed by atoms with Gasteiger partial charge in [-0.1, -0.05) is 6.07 Å². The fourth-order valence-corrected chi connectivity index (χ4v) is 2.44. The highest BCUT2D eigenvalue weighted by molar-refractivity contribution is 7.89. The Morgan fingerprint density at radius 1 is 1.39 bits per heavy atom. The number of benzene rings is 1. The van der Waals surface area contributed by atoms with Crippen LogP contribution in [0.4, 0.5) is 5.69 Å². The third-order valence-corrected chi connectivity index (χ3v) is 4.43. The van der Waals surface area contributed by atoms with Crippen LogP contribution in [0, 0.1) is 6.92 Å². The zero-order valence-corrected chi connectivity index (χ0v) is 12.1. The van der Waals surface area contributed by atoms with Gasteiger partial charge in [-0.05, 0) is 45.6 Å². The highest BCUT2D eigenvalue weighted by Crippen LogP contribution is 2.16. The smallest absolute Gasteiger partial charge is 0.240 e. The number of sulfonamides is 1. The number of rotatable bonds is 5. The fraction of sp³-hybridized carbons (Fsp3) is 0.500. The molecule has 0 radical (unpaired) electrons. The molecule has 1 atom stereocenters. The van der Waals surface area contributed by atoms with Crippen molar-refractivity contribution in [3.63, 3.8) is 0 Å². The lowest BCUT2D eigenvalue weighted by molar-refractivity contribution is 0.314. The van der Waals surface area contributed by atoms with Crippen molar-refractivity contribution < 1.29 is 8.42 Å². The van der Waals surface area contributed by atoms with Crippen LogP contribution in [0.1, 0.15) is 12.5 Å². The SMILES string of the molecule is Cc1ccc(S(=O)(=O)NCC(C)N(C)C)cc1N. The molecule has 3 N–H and O–H groups in total. The standard InChI is InChI=1S/C12H21N3O2S/c1-9-5-6-11(7-12(9)13)18(16,17)14-8-10(2)15(3)4/h5-7,10,14H,8,13H2,1-4H3. The second-order valence-corrected chi connectivity index (χ2v) is 6.45. The Balaban J connectivity index is 2.83. The summed E-state index contributed by atoms with van der Waals surface area (Å²) in [5.41, 5.74) is 7.08. The van der Waals surface area contributed by atoms with Crippen LogP contribution in [0.3, 0.4) is 0 Å². The van der Waals surface area contributed by atoms with E-state index in [1.165, 1.54) is 6.07 Å². The zero-order chi connectivity index (χ0) is 13.9. The Labute approximate surface area is 109 Å². The van der Waals surface area contributed by atoms with E-state index in [1.54, 1.807) is 12.1 Å². The Morgan fingerprint density at radius 3 is 2.50 bits per heavy atom. The molecule has 0 spiro atoms. The molecule has 0 aromatic heterocycles. The topological polar surface area (TPSA) is 75.4 Å². The molecule has 0 fully saturated rings. The van der Waals surface area contributed by atoms with Crippen molar-refractivity contribution in [3.8, 4) is 0 Å². The summed E-state index contributed by atoms with van der Waals surface area (Å²) in [5.74, 6) is 0. The van der Waals surface area contributed by atoms with E-state index in [-0.39, 0.29) is 10.9 Å². The summed E-state index contributed by atoms with van der Waals surface area (Å²) in [7, 11) is 0.326. The van der Waals surface area contributed by atoms with Crippen LogP contribution in [0.5, 0.6) is 0 Å². The Morgan fingerprint density at radius 2 is 2.00 bits per heavy atom. The number of hydrogen-bond donors (Lipinski definition) is 2. The highest BCUT2D eigenvalue weighted by Gasteiger charge is 2.16. The number of hydrogen-bond acceptors (Lipinski definition) is 4. The van der Waals surface area contributed by atoms with Crippen LogP contribution in [-0.2, 0) is 10.0 Å². The van der Waals surface area contributed by atoms with Crippen molar-refractivity contribution in [2.45, 2.75) is 24.8 Å². The molecule has 18 heavy (non-hydrogen) atoms. The monoisotopic (exact) mass is 271 g/mol. The molecule has 0 amide bonds. The maximum Gasteiger partial charge on any atom is 0.240 e. The van der Waals surface area contributed by atoms with E-state index in [1.807, 2.05) is 32.8 Å². The van der Waals surface area contributed by atoms with E-state index in [0.717, 1.165) is 5.56 Å². The second kappa shape index (κ2) is 5.69. The Bertz CT molecular complexity index is 512. The van der Waals surface area contributed by atoms with Crippen molar-refractivity contribution in [3.05, 3.63) is 23.8 Å². The van der Waals surface area contributed by atoms with Gasteiger partial charge in [0.2, 0.25) is 10.0 Å². The molecule has 0 aliphatic heterocycles. The van der Waals surface area contributed by atoms with Gasteiger partial charge < -0.3 is 10.6 Å². The molecule has 6 heteroatoms. The van der Waals surface area contributed by atoms with Gasteiger partial charge in [0.15, 0.2) is 0 Å². The summed E-state index contributed by atoms with van der Waals surface area (Å²) in [6, 6.07) is 4.88. The molecule has 5 nitrogen and oxygen atoms in total. The molecule has 0 aliphatic rings. The van der Waals surface area contributed by atoms with Crippen molar-refractivity contribution in [2.75, 3.05) is 26.4 Å². The van der Waals surface area contributed by atoms with E-state index in [9.17, 15) is 8.42 Å². The van der Waals surface area contributed by atoms with E-state index in [2.05, 4.69) is 4.72 Å². The van der Waals surface area contributed by atoms with Crippen LogP contribution in [-0.4, -0.2) is 40.0 Å². The van der Waals surface area contributed by atoms with Crippen molar-refractivity contribution in [1.29, 1.82) is 0 Å². The van der Waals surface area contributed by atoms with Gasteiger partial charge in [-0.3, -0.25) is 0 Å². The molecule has 0 bridgehead atoms. The Kier molecular flexibility index (Phi) is 4.72. The summed E-state index contributed by atoms with van der Waals surface area (Å²) in [4.78, 5) is 2.16. The number of nitrogens with zero attached hydrogens (tertiary/aromatic N) is 1. The first-order valence-corrected chi connectivity index (χ1v) is 7.24. The van der Waals surface area contributed by atoms with E-state index in [4.69, 9.17) is 5.73 Å². The summed E-state index contributed by atoms with van der Waals surface area (Å²) >= 11 is 0. The van der Waals surface area contributed by atoms with Gasteiger partial charge in [0.05, 0.1) is 4.90 Å². The summed E-state index contributed by atoms with van der Waals surface area (Å²) < 4.78 is 26.7. The van der Waals surface area contributed by atoms with Gasteiger partial charge in [-0.15, -0.1) is 0 Å². The van der Waals surface area contributed by atoms with E-state index >= 15 is 0 Å². The molecular formula is C12H21N3O2S. The molecule has 0 aliphatic carbocycles. The predicted octanol–water partition coefficient (Wildman–Crippen LogP) is 0.806. The minimum Gasteiger partial charge on any atom is -0.398 e. The minimum absolute atomic E-state index is 0.127. The summed E-state index contributed by atoms with van der Waals surface area (Å²) in [6.45, 7) is 4.16. The quantitative estimate of drug-likeness (QED) is 0.777. The first-order chi connectivity index (χ1) is 8.24. The minimum atomic E-state index is -3.48. The number of nitrogen functional groups attached to an aromatic ring is 1. The van der Waals surface area contributed by atoms with Gasteiger partial charge in [0, 0.05) is 18.3 Å². The second-order valence-electron chi connectivity index (χ2n) is 4.68. The lowest BCUT2D eigenvalue weighted by Crippen LogP contribution is -2.38. The third-order valence-electron chi connectivity index (χ3n) is 3.01. The first kappa shape index (κ1) is 14.9. The third kappa shape index (κ3) is 3.69. The number of likely N-dealkylation sites (N-methyl/N-ethyl adjacent to an activating group) is 1. The van der Waals surface area contributed by atoms with E-state index < -0.39 is 10.0 Å².